The Morgan fingerprint density at radius 2 is 1.94 bits per heavy atom. The Balaban J connectivity index is 1.63. The molecule has 0 saturated carbocycles. The molecule has 0 aliphatic heterocycles. The summed E-state index contributed by atoms with van der Waals surface area (Å²) >= 11 is 7.30. The van der Waals surface area contributed by atoms with Gasteiger partial charge >= 0.3 is 12.2 Å². The maximum Gasteiger partial charge on any atom is 0.417 e. The van der Waals surface area contributed by atoms with Gasteiger partial charge in [-0.05, 0) is 47.7 Å². The van der Waals surface area contributed by atoms with Crippen molar-refractivity contribution >= 4 is 35.1 Å². The smallest absolute Gasteiger partial charge is 0.334 e. The number of alkyl halides is 3. The van der Waals surface area contributed by atoms with Gasteiger partial charge in [0.2, 0.25) is 0 Å². The van der Waals surface area contributed by atoms with Gasteiger partial charge in [-0.25, -0.2) is 4.79 Å². The van der Waals surface area contributed by atoms with E-state index in [0.29, 0.717) is 0 Å². The summed E-state index contributed by atoms with van der Waals surface area (Å²) in [6, 6.07) is 14.1. The first-order chi connectivity index (χ1) is 14.8. The third-order valence-electron chi connectivity index (χ3n) is 4.25. The van der Waals surface area contributed by atoms with Crippen LogP contribution in [0.1, 0.15) is 18.1 Å². The van der Waals surface area contributed by atoms with Crippen molar-refractivity contribution in [3.63, 3.8) is 0 Å². The van der Waals surface area contributed by atoms with Crippen LogP contribution < -0.4 is 10.6 Å². The van der Waals surface area contributed by atoms with Crippen molar-refractivity contribution in [3.8, 4) is 11.3 Å². The molecule has 0 aliphatic rings. The number of aromatic nitrogens is 1. The Morgan fingerprint density at radius 1 is 1.13 bits per heavy atom. The van der Waals surface area contributed by atoms with Gasteiger partial charge in [-0.3, -0.25) is 4.98 Å². The standard InChI is InChI=1S/C22H19ClF3N3OS/c1-2-31-17-7-9-20(27-13-17)15-5-3-4-14(10-15)12-28-21(30)29-16-6-8-19(23)18(11-16)22(24,25)26/h3-11,13H,2,12H2,1H3,(H2,28,29,30). The molecule has 1 heterocycles. The quantitative estimate of drug-likeness (QED) is 0.391. The number of carbonyl (C=O) groups excluding carboxylic acids is 1. The lowest BCUT2D eigenvalue weighted by atomic mass is 10.1. The van der Waals surface area contributed by atoms with Crippen molar-refractivity contribution < 1.29 is 18.0 Å². The van der Waals surface area contributed by atoms with Gasteiger partial charge < -0.3 is 10.6 Å². The summed E-state index contributed by atoms with van der Waals surface area (Å²) in [6.45, 7) is 2.27. The molecule has 1 aromatic heterocycles. The molecule has 0 saturated heterocycles. The van der Waals surface area contributed by atoms with Gasteiger partial charge in [-0.1, -0.05) is 36.7 Å². The molecule has 162 valence electrons. The second kappa shape index (κ2) is 10.1. The summed E-state index contributed by atoms with van der Waals surface area (Å²) in [6.07, 6.45) is -2.78. The Hall–Kier alpha value is -2.71. The molecule has 2 N–H and O–H groups in total. The van der Waals surface area contributed by atoms with Crippen LogP contribution in [0.25, 0.3) is 11.3 Å². The number of rotatable bonds is 6. The molecule has 31 heavy (non-hydrogen) atoms. The summed E-state index contributed by atoms with van der Waals surface area (Å²) in [5, 5.41) is 4.60. The number of nitrogens with one attached hydrogen (secondary N) is 2. The van der Waals surface area contributed by atoms with Gasteiger partial charge in [0.25, 0.3) is 0 Å². The monoisotopic (exact) mass is 465 g/mol. The highest BCUT2D eigenvalue weighted by Gasteiger charge is 2.33. The molecule has 0 spiro atoms. The molecule has 9 heteroatoms. The minimum Gasteiger partial charge on any atom is -0.334 e. The van der Waals surface area contributed by atoms with E-state index in [1.807, 2.05) is 42.6 Å². The zero-order valence-corrected chi connectivity index (χ0v) is 18.0. The first-order valence-electron chi connectivity index (χ1n) is 9.36. The normalized spacial score (nSPS) is 11.3. The first kappa shape index (κ1) is 23.0. The van der Waals surface area contributed by atoms with E-state index in [0.717, 1.165) is 39.6 Å². The number of pyridine rings is 1. The van der Waals surface area contributed by atoms with E-state index in [4.69, 9.17) is 11.6 Å². The number of benzene rings is 2. The molecule has 0 bridgehead atoms. The molecular formula is C22H19ClF3N3OS. The Labute approximate surface area is 187 Å². The molecule has 0 aliphatic carbocycles. The fraction of sp³-hybridized carbons (Fsp3) is 0.182. The summed E-state index contributed by atoms with van der Waals surface area (Å²) in [5.74, 6) is 0.970. The van der Waals surface area contributed by atoms with E-state index >= 15 is 0 Å². The Kier molecular flexibility index (Phi) is 7.46. The van der Waals surface area contributed by atoms with Crippen LogP contribution in [0.2, 0.25) is 5.02 Å². The highest BCUT2D eigenvalue weighted by Crippen LogP contribution is 2.36. The van der Waals surface area contributed by atoms with Gasteiger partial charge in [0.15, 0.2) is 0 Å². The van der Waals surface area contributed by atoms with Crippen LogP contribution in [0.4, 0.5) is 23.7 Å². The van der Waals surface area contributed by atoms with Gasteiger partial charge in [0.1, 0.15) is 0 Å². The number of halogens is 4. The fourth-order valence-electron chi connectivity index (χ4n) is 2.82. The van der Waals surface area contributed by atoms with Crippen LogP contribution in [-0.4, -0.2) is 16.8 Å². The highest BCUT2D eigenvalue weighted by molar-refractivity contribution is 7.99. The number of anilines is 1. The molecule has 2 aromatic carbocycles. The lowest BCUT2D eigenvalue weighted by Crippen LogP contribution is -2.28. The topological polar surface area (TPSA) is 54.0 Å². The van der Waals surface area contributed by atoms with Crippen molar-refractivity contribution in [1.82, 2.24) is 10.3 Å². The average molecular weight is 466 g/mol. The van der Waals surface area contributed by atoms with E-state index in [1.54, 1.807) is 11.8 Å². The zero-order chi connectivity index (χ0) is 22.4. The van der Waals surface area contributed by atoms with Gasteiger partial charge in [0, 0.05) is 28.9 Å². The van der Waals surface area contributed by atoms with Crippen LogP contribution in [0, 0.1) is 0 Å². The van der Waals surface area contributed by atoms with E-state index in [-0.39, 0.29) is 12.2 Å². The Bertz CT molecular complexity index is 1060. The van der Waals surface area contributed by atoms with Gasteiger partial charge in [-0.2, -0.15) is 13.2 Å². The number of nitrogens with zero attached hydrogens (tertiary/aromatic N) is 1. The van der Waals surface area contributed by atoms with Crippen molar-refractivity contribution in [1.29, 1.82) is 0 Å². The molecule has 0 fully saturated rings. The maximum absolute atomic E-state index is 13.0. The van der Waals surface area contributed by atoms with E-state index in [2.05, 4.69) is 22.5 Å². The van der Waals surface area contributed by atoms with E-state index in [9.17, 15) is 18.0 Å². The van der Waals surface area contributed by atoms with Crippen molar-refractivity contribution in [2.24, 2.45) is 0 Å². The second-order valence-electron chi connectivity index (χ2n) is 6.51. The number of amides is 2. The molecule has 0 atom stereocenters. The average Bonchev–Trinajstić information content (AvgIpc) is 2.74. The molecule has 2 amide bonds. The summed E-state index contributed by atoms with van der Waals surface area (Å²) < 4.78 is 38.9. The molecule has 4 nitrogen and oxygen atoms in total. The molecule has 0 unspecified atom stereocenters. The molecule has 3 aromatic rings. The summed E-state index contributed by atoms with van der Waals surface area (Å²) in [7, 11) is 0. The third-order valence-corrected chi connectivity index (χ3v) is 5.45. The van der Waals surface area contributed by atoms with Crippen LogP contribution in [0.5, 0.6) is 0 Å². The van der Waals surface area contributed by atoms with Crippen LogP contribution in [0.15, 0.2) is 65.7 Å². The van der Waals surface area contributed by atoms with E-state index in [1.165, 1.54) is 6.07 Å². The lowest BCUT2D eigenvalue weighted by molar-refractivity contribution is -0.137. The zero-order valence-electron chi connectivity index (χ0n) is 16.5. The Morgan fingerprint density at radius 3 is 2.61 bits per heavy atom. The van der Waals surface area contributed by atoms with Crippen molar-refractivity contribution in [2.45, 2.75) is 24.5 Å². The minimum atomic E-state index is -4.60. The predicted molar refractivity (Wildman–Crippen MR) is 118 cm³/mol. The van der Waals surface area contributed by atoms with Gasteiger partial charge in [0.05, 0.1) is 16.3 Å². The predicted octanol–water partition coefficient (Wildman–Crippen LogP) is 6.85. The third kappa shape index (κ3) is 6.38. The van der Waals surface area contributed by atoms with E-state index < -0.39 is 22.8 Å². The SMILES string of the molecule is CCSc1ccc(-c2cccc(CNC(=O)Nc3ccc(Cl)c(C(F)(F)F)c3)c2)nc1. The minimum absolute atomic E-state index is 0.00258. The van der Waals surface area contributed by atoms with Crippen LogP contribution in [-0.2, 0) is 12.7 Å². The number of carbonyl (C=O) groups is 1. The number of thioether (sulfide) groups is 1. The van der Waals surface area contributed by atoms with Crippen LogP contribution >= 0.6 is 23.4 Å². The van der Waals surface area contributed by atoms with Gasteiger partial charge in [-0.15, -0.1) is 11.8 Å². The summed E-state index contributed by atoms with van der Waals surface area (Å²) in [4.78, 5) is 17.7. The first-order valence-corrected chi connectivity index (χ1v) is 10.7. The molecule has 0 radical (unpaired) electrons. The maximum atomic E-state index is 13.0. The largest absolute Gasteiger partial charge is 0.417 e. The number of urea groups is 1. The second-order valence-corrected chi connectivity index (χ2v) is 8.26. The van der Waals surface area contributed by atoms with Crippen LogP contribution in [0.3, 0.4) is 0 Å². The fourth-order valence-corrected chi connectivity index (χ4v) is 3.67. The number of hydrogen-bond donors (Lipinski definition) is 2. The molecular weight excluding hydrogens is 447 g/mol. The lowest BCUT2D eigenvalue weighted by Gasteiger charge is -2.12. The number of hydrogen-bond acceptors (Lipinski definition) is 3. The molecule has 3 rings (SSSR count). The summed E-state index contributed by atoms with van der Waals surface area (Å²) in [5.41, 5.74) is 1.54. The highest BCUT2D eigenvalue weighted by atomic mass is 35.5. The van der Waals surface area contributed by atoms with Crippen molar-refractivity contribution in [2.75, 3.05) is 11.1 Å². The van der Waals surface area contributed by atoms with Crippen molar-refractivity contribution in [3.05, 3.63) is 76.9 Å².